The Hall–Kier alpha value is -2.67. The fourth-order valence-electron chi connectivity index (χ4n) is 3.67. The third-order valence-electron chi connectivity index (χ3n) is 5.05. The number of anilines is 1. The summed E-state index contributed by atoms with van der Waals surface area (Å²) in [5.41, 5.74) is 6.45. The molecule has 5 rings (SSSR count). The SMILES string of the molecule is C/C(=N\Nc1nc(C)nc2sc3c(c12)CCCC3)c1ccc2c(c1)OCO2. The van der Waals surface area contributed by atoms with Gasteiger partial charge in [0.05, 0.1) is 11.1 Å². The Kier molecular flexibility index (Phi) is 3.97. The number of aromatic nitrogens is 2. The molecule has 0 saturated heterocycles. The van der Waals surface area contributed by atoms with Crippen LogP contribution in [0.25, 0.3) is 10.2 Å². The Morgan fingerprint density at radius 1 is 1.15 bits per heavy atom. The summed E-state index contributed by atoms with van der Waals surface area (Å²) in [4.78, 5) is 11.8. The van der Waals surface area contributed by atoms with Crippen LogP contribution < -0.4 is 14.9 Å². The molecule has 1 N–H and O–H groups in total. The molecule has 3 heterocycles. The van der Waals surface area contributed by atoms with Crippen LogP contribution in [0.5, 0.6) is 11.5 Å². The van der Waals surface area contributed by atoms with Gasteiger partial charge in [-0.25, -0.2) is 9.97 Å². The molecule has 1 aromatic carbocycles. The van der Waals surface area contributed by atoms with E-state index in [4.69, 9.17) is 9.47 Å². The smallest absolute Gasteiger partial charge is 0.231 e. The molecule has 0 amide bonds. The molecule has 0 spiro atoms. The Bertz CT molecular complexity index is 1070. The summed E-state index contributed by atoms with van der Waals surface area (Å²) in [5.74, 6) is 3.10. The van der Waals surface area contributed by atoms with Gasteiger partial charge >= 0.3 is 0 Å². The quantitative estimate of drug-likeness (QED) is 0.537. The maximum atomic E-state index is 5.46. The molecule has 6 nitrogen and oxygen atoms in total. The van der Waals surface area contributed by atoms with E-state index in [0.717, 1.165) is 57.5 Å². The third kappa shape index (κ3) is 2.92. The average Bonchev–Trinajstić information content (AvgIpc) is 3.28. The van der Waals surface area contributed by atoms with Crippen molar-refractivity contribution in [2.45, 2.75) is 39.5 Å². The van der Waals surface area contributed by atoms with E-state index in [1.165, 1.54) is 23.3 Å². The van der Waals surface area contributed by atoms with Gasteiger partial charge in [-0.2, -0.15) is 5.10 Å². The summed E-state index contributed by atoms with van der Waals surface area (Å²) in [6.45, 7) is 4.17. The van der Waals surface area contributed by atoms with E-state index in [2.05, 4.69) is 20.5 Å². The van der Waals surface area contributed by atoms with E-state index in [-0.39, 0.29) is 6.79 Å². The van der Waals surface area contributed by atoms with Crippen molar-refractivity contribution in [2.24, 2.45) is 5.10 Å². The number of hydrogen-bond donors (Lipinski definition) is 1. The molecular formula is C20H20N4O2S. The van der Waals surface area contributed by atoms with Crippen molar-refractivity contribution >= 4 is 33.1 Å². The predicted octanol–water partition coefficient (Wildman–Crippen LogP) is 4.44. The Morgan fingerprint density at radius 3 is 2.93 bits per heavy atom. The minimum atomic E-state index is 0.273. The van der Waals surface area contributed by atoms with Gasteiger partial charge in [0.2, 0.25) is 6.79 Å². The molecule has 138 valence electrons. The molecule has 0 saturated carbocycles. The van der Waals surface area contributed by atoms with Gasteiger partial charge < -0.3 is 9.47 Å². The van der Waals surface area contributed by atoms with Gasteiger partial charge in [0.25, 0.3) is 0 Å². The topological polar surface area (TPSA) is 68.6 Å². The fourth-order valence-corrected chi connectivity index (χ4v) is 4.97. The van der Waals surface area contributed by atoms with E-state index in [1.54, 1.807) is 11.3 Å². The fraction of sp³-hybridized carbons (Fsp3) is 0.350. The Labute approximate surface area is 161 Å². The van der Waals surface area contributed by atoms with Crippen LogP contribution in [0.3, 0.4) is 0 Å². The van der Waals surface area contributed by atoms with Gasteiger partial charge in [-0.05, 0) is 63.3 Å². The van der Waals surface area contributed by atoms with Crippen LogP contribution in [0, 0.1) is 6.92 Å². The van der Waals surface area contributed by atoms with E-state index in [1.807, 2.05) is 32.0 Å². The van der Waals surface area contributed by atoms with Crippen LogP contribution in [0.4, 0.5) is 5.82 Å². The first kappa shape index (κ1) is 16.5. The number of rotatable bonds is 3. The number of ether oxygens (including phenoxy) is 2. The van der Waals surface area contributed by atoms with Crippen LogP contribution in [0.1, 0.15) is 41.6 Å². The molecule has 0 unspecified atom stereocenters. The van der Waals surface area contributed by atoms with Gasteiger partial charge in [0.1, 0.15) is 10.7 Å². The normalized spacial score (nSPS) is 15.9. The number of hydrazone groups is 1. The van der Waals surface area contributed by atoms with Crippen LogP contribution in [-0.4, -0.2) is 22.5 Å². The van der Waals surface area contributed by atoms with Crippen LogP contribution in [-0.2, 0) is 12.8 Å². The predicted molar refractivity (Wildman–Crippen MR) is 107 cm³/mol. The summed E-state index contributed by atoms with van der Waals surface area (Å²) < 4.78 is 10.8. The minimum Gasteiger partial charge on any atom is -0.454 e. The number of aryl methyl sites for hydroxylation is 3. The lowest BCUT2D eigenvalue weighted by molar-refractivity contribution is 0.174. The second-order valence-electron chi connectivity index (χ2n) is 6.89. The van der Waals surface area contributed by atoms with Crippen molar-refractivity contribution in [1.82, 2.24) is 9.97 Å². The van der Waals surface area contributed by atoms with E-state index in [0.29, 0.717) is 0 Å². The molecule has 2 aromatic heterocycles. The first-order chi connectivity index (χ1) is 13.2. The lowest BCUT2D eigenvalue weighted by atomic mass is 9.97. The highest BCUT2D eigenvalue weighted by atomic mass is 32.1. The molecule has 27 heavy (non-hydrogen) atoms. The maximum Gasteiger partial charge on any atom is 0.231 e. The lowest BCUT2D eigenvalue weighted by Crippen LogP contribution is -2.04. The molecule has 1 aliphatic heterocycles. The maximum absolute atomic E-state index is 5.46. The zero-order chi connectivity index (χ0) is 18.4. The van der Waals surface area contributed by atoms with Crippen LogP contribution in [0.15, 0.2) is 23.3 Å². The second-order valence-corrected chi connectivity index (χ2v) is 7.97. The molecule has 0 bridgehead atoms. The number of hydrogen-bond acceptors (Lipinski definition) is 7. The van der Waals surface area contributed by atoms with Crippen LogP contribution >= 0.6 is 11.3 Å². The summed E-state index contributed by atoms with van der Waals surface area (Å²) in [7, 11) is 0. The largest absolute Gasteiger partial charge is 0.454 e. The zero-order valence-corrected chi connectivity index (χ0v) is 16.2. The molecule has 7 heteroatoms. The summed E-state index contributed by atoms with van der Waals surface area (Å²) in [6, 6.07) is 5.86. The zero-order valence-electron chi connectivity index (χ0n) is 15.3. The first-order valence-corrected chi connectivity index (χ1v) is 10.00. The van der Waals surface area contributed by atoms with Crippen LogP contribution in [0.2, 0.25) is 0 Å². The van der Waals surface area contributed by atoms with Gasteiger partial charge in [-0.15, -0.1) is 11.3 Å². The average molecular weight is 380 g/mol. The van der Waals surface area contributed by atoms with Crippen molar-refractivity contribution in [3.8, 4) is 11.5 Å². The van der Waals surface area contributed by atoms with E-state index in [9.17, 15) is 0 Å². The molecule has 2 aliphatic rings. The van der Waals surface area contributed by atoms with Crippen molar-refractivity contribution in [2.75, 3.05) is 12.2 Å². The highest BCUT2D eigenvalue weighted by Crippen LogP contribution is 2.38. The third-order valence-corrected chi connectivity index (χ3v) is 6.23. The number of benzene rings is 1. The number of nitrogens with one attached hydrogen (secondary N) is 1. The molecule has 0 atom stereocenters. The van der Waals surface area contributed by atoms with E-state index >= 15 is 0 Å². The van der Waals surface area contributed by atoms with Gasteiger partial charge in [0, 0.05) is 10.4 Å². The highest BCUT2D eigenvalue weighted by Gasteiger charge is 2.20. The van der Waals surface area contributed by atoms with Crippen molar-refractivity contribution in [3.05, 3.63) is 40.0 Å². The lowest BCUT2D eigenvalue weighted by Gasteiger charge is -2.12. The van der Waals surface area contributed by atoms with Crippen molar-refractivity contribution in [1.29, 1.82) is 0 Å². The molecule has 0 radical (unpaired) electrons. The molecule has 3 aromatic rings. The molecule has 1 aliphatic carbocycles. The molecule has 0 fully saturated rings. The first-order valence-electron chi connectivity index (χ1n) is 9.18. The van der Waals surface area contributed by atoms with Crippen molar-refractivity contribution in [3.63, 3.8) is 0 Å². The summed E-state index contributed by atoms with van der Waals surface area (Å²) in [5, 5.41) is 5.74. The Morgan fingerprint density at radius 2 is 2.00 bits per heavy atom. The monoisotopic (exact) mass is 380 g/mol. The van der Waals surface area contributed by atoms with Gasteiger partial charge in [-0.3, -0.25) is 5.43 Å². The number of nitrogens with zero attached hydrogens (tertiary/aromatic N) is 3. The van der Waals surface area contributed by atoms with E-state index < -0.39 is 0 Å². The minimum absolute atomic E-state index is 0.273. The summed E-state index contributed by atoms with van der Waals surface area (Å²) >= 11 is 1.80. The highest BCUT2D eigenvalue weighted by molar-refractivity contribution is 7.19. The molecular weight excluding hydrogens is 360 g/mol. The number of fused-ring (bicyclic) bond motifs is 4. The Balaban J connectivity index is 1.50. The number of thiophene rings is 1. The standard InChI is InChI=1S/C20H20N4O2S/c1-11(13-7-8-15-16(9-13)26-10-25-15)23-24-19-18-14-5-3-4-6-17(14)27-20(18)22-12(2)21-19/h7-9H,3-6,10H2,1-2H3,(H,21,22,24)/b23-11+. The van der Waals surface area contributed by atoms with Gasteiger partial charge in [0.15, 0.2) is 17.3 Å². The second kappa shape index (κ2) is 6.49. The van der Waals surface area contributed by atoms with Crippen molar-refractivity contribution < 1.29 is 9.47 Å². The summed E-state index contributed by atoms with van der Waals surface area (Å²) in [6.07, 6.45) is 4.73. The van der Waals surface area contributed by atoms with Gasteiger partial charge in [-0.1, -0.05) is 0 Å².